The van der Waals surface area contributed by atoms with Crippen LogP contribution in [-0.4, -0.2) is 41.2 Å². The van der Waals surface area contributed by atoms with Crippen molar-refractivity contribution in [2.75, 3.05) is 19.0 Å². The summed E-state index contributed by atoms with van der Waals surface area (Å²) in [5, 5.41) is 9.23. The van der Waals surface area contributed by atoms with E-state index in [0.29, 0.717) is 16.9 Å². The van der Waals surface area contributed by atoms with Crippen LogP contribution in [0.4, 0.5) is 5.69 Å². The SMILES string of the molecule is COC(=O)CNC(=O)c1ccc(NC(=O)c2nn(-c3ccccc3)c(C)cc2=O)cc1. The van der Waals surface area contributed by atoms with Gasteiger partial charge in [-0.3, -0.25) is 19.2 Å². The van der Waals surface area contributed by atoms with E-state index in [0.717, 1.165) is 5.69 Å². The van der Waals surface area contributed by atoms with Crippen molar-refractivity contribution < 1.29 is 19.1 Å². The fourth-order valence-electron chi connectivity index (χ4n) is 2.76. The summed E-state index contributed by atoms with van der Waals surface area (Å²) in [5.41, 5.74) is 1.23. The molecule has 0 aliphatic rings. The second kappa shape index (κ2) is 9.49. The molecule has 3 rings (SSSR count). The molecule has 0 radical (unpaired) electrons. The predicted molar refractivity (Wildman–Crippen MR) is 113 cm³/mol. The molecule has 0 aliphatic heterocycles. The topological polar surface area (TPSA) is 119 Å². The van der Waals surface area contributed by atoms with Crippen LogP contribution in [0.25, 0.3) is 5.69 Å². The summed E-state index contributed by atoms with van der Waals surface area (Å²) in [6.07, 6.45) is 0. The molecule has 0 unspecified atom stereocenters. The first-order valence-electron chi connectivity index (χ1n) is 9.32. The molecule has 2 aromatic carbocycles. The number of methoxy groups -OCH3 is 1. The van der Waals surface area contributed by atoms with Gasteiger partial charge >= 0.3 is 5.97 Å². The maximum atomic E-state index is 12.6. The molecular weight excluding hydrogens is 400 g/mol. The van der Waals surface area contributed by atoms with Gasteiger partial charge in [0.25, 0.3) is 11.8 Å². The number of amides is 2. The molecule has 9 nitrogen and oxygen atoms in total. The van der Waals surface area contributed by atoms with Crippen LogP contribution in [0.2, 0.25) is 0 Å². The minimum Gasteiger partial charge on any atom is -0.468 e. The standard InChI is InChI=1S/C22H20N4O5/c1-14-12-18(27)20(25-26(14)17-6-4-3-5-7-17)22(30)24-16-10-8-15(9-11-16)21(29)23-13-19(28)31-2/h3-12H,13H2,1-2H3,(H,23,29)(H,24,30). The van der Waals surface area contributed by atoms with Crippen LogP contribution < -0.4 is 16.1 Å². The third-order valence-corrected chi connectivity index (χ3v) is 4.35. The van der Waals surface area contributed by atoms with Gasteiger partial charge in [0.1, 0.15) is 6.54 Å². The number of hydrogen-bond acceptors (Lipinski definition) is 6. The van der Waals surface area contributed by atoms with Crippen molar-refractivity contribution in [2.24, 2.45) is 0 Å². The summed E-state index contributed by atoms with van der Waals surface area (Å²) >= 11 is 0. The van der Waals surface area contributed by atoms with Gasteiger partial charge in [0.2, 0.25) is 5.43 Å². The lowest BCUT2D eigenvalue weighted by molar-refractivity contribution is -0.139. The van der Waals surface area contributed by atoms with Gasteiger partial charge in [-0.05, 0) is 43.3 Å². The number of esters is 1. The molecule has 0 aliphatic carbocycles. The maximum Gasteiger partial charge on any atom is 0.325 e. The molecule has 0 bridgehead atoms. The molecule has 31 heavy (non-hydrogen) atoms. The molecule has 1 aromatic heterocycles. The van der Waals surface area contributed by atoms with E-state index in [4.69, 9.17) is 0 Å². The highest BCUT2D eigenvalue weighted by Gasteiger charge is 2.16. The highest BCUT2D eigenvalue weighted by Crippen LogP contribution is 2.12. The Bertz CT molecular complexity index is 1170. The number of nitrogens with zero attached hydrogens (tertiary/aromatic N) is 2. The summed E-state index contributed by atoms with van der Waals surface area (Å²) in [4.78, 5) is 48.1. The van der Waals surface area contributed by atoms with Crippen LogP contribution in [0.1, 0.15) is 26.5 Å². The molecule has 0 saturated heterocycles. The zero-order valence-corrected chi connectivity index (χ0v) is 16.9. The number of carbonyl (C=O) groups is 3. The highest BCUT2D eigenvalue weighted by molar-refractivity contribution is 6.03. The molecule has 0 saturated carbocycles. The minimum atomic E-state index is -0.669. The van der Waals surface area contributed by atoms with Gasteiger partial charge in [-0.25, -0.2) is 4.68 Å². The number of para-hydroxylation sites is 1. The third-order valence-electron chi connectivity index (χ3n) is 4.35. The molecule has 2 amide bonds. The molecule has 0 fully saturated rings. The Hall–Kier alpha value is -4.27. The molecule has 0 atom stereocenters. The Morgan fingerprint density at radius 2 is 1.68 bits per heavy atom. The molecule has 9 heteroatoms. The molecular formula is C22H20N4O5. The van der Waals surface area contributed by atoms with Crippen LogP contribution in [0.15, 0.2) is 65.5 Å². The number of nitrogens with one attached hydrogen (secondary N) is 2. The Labute approximate surface area is 177 Å². The first kappa shape index (κ1) is 21.4. The second-order valence-corrected chi connectivity index (χ2v) is 6.54. The fraction of sp³-hybridized carbons (Fsp3) is 0.136. The quantitative estimate of drug-likeness (QED) is 0.586. The number of ether oxygens (including phenoxy) is 1. The van der Waals surface area contributed by atoms with Crippen LogP contribution in [-0.2, 0) is 9.53 Å². The lowest BCUT2D eigenvalue weighted by Crippen LogP contribution is -2.30. The number of benzene rings is 2. The number of anilines is 1. The average Bonchev–Trinajstić information content (AvgIpc) is 2.78. The number of aryl methyl sites for hydroxylation is 1. The summed E-state index contributed by atoms with van der Waals surface area (Å²) < 4.78 is 5.98. The van der Waals surface area contributed by atoms with Gasteiger partial charge < -0.3 is 15.4 Å². The van der Waals surface area contributed by atoms with Crippen molar-refractivity contribution >= 4 is 23.5 Å². The summed E-state index contributed by atoms with van der Waals surface area (Å²) in [7, 11) is 1.23. The normalized spacial score (nSPS) is 10.3. The number of rotatable bonds is 6. The van der Waals surface area contributed by atoms with Crippen molar-refractivity contribution in [1.29, 1.82) is 0 Å². The molecule has 158 valence electrons. The van der Waals surface area contributed by atoms with Crippen molar-refractivity contribution in [1.82, 2.24) is 15.1 Å². The summed E-state index contributed by atoms with van der Waals surface area (Å²) in [6, 6.07) is 16.5. The van der Waals surface area contributed by atoms with Gasteiger partial charge in [0.15, 0.2) is 5.69 Å². The van der Waals surface area contributed by atoms with Gasteiger partial charge in [0, 0.05) is 23.0 Å². The van der Waals surface area contributed by atoms with Crippen molar-refractivity contribution in [3.63, 3.8) is 0 Å². The summed E-state index contributed by atoms with van der Waals surface area (Å²) in [6.45, 7) is 1.48. The largest absolute Gasteiger partial charge is 0.468 e. The lowest BCUT2D eigenvalue weighted by Gasteiger charge is -2.11. The molecule has 1 heterocycles. The summed E-state index contributed by atoms with van der Waals surface area (Å²) in [5.74, 6) is -1.70. The van der Waals surface area contributed by atoms with E-state index in [2.05, 4.69) is 20.5 Å². The van der Waals surface area contributed by atoms with Crippen molar-refractivity contribution in [3.05, 3.63) is 87.8 Å². The van der Waals surface area contributed by atoms with Gasteiger partial charge in [-0.2, -0.15) is 5.10 Å². The molecule has 0 spiro atoms. The van der Waals surface area contributed by atoms with Crippen LogP contribution in [0.5, 0.6) is 0 Å². The van der Waals surface area contributed by atoms with Crippen molar-refractivity contribution in [3.8, 4) is 5.69 Å². The molecule has 3 aromatic rings. The van der Waals surface area contributed by atoms with E-state index >= 15 is 0 Å². The Morgan fingerprint density at radius 1 is 1.00 bits per heavy atom. The maximum absolute atomic E-state index is 12.6. The third kappa shape index (κ3) is 5.21. The average molecular weight is 420 g/mol. The monoisotopic (exact) mass is 420 g/mol. The Balaban J connectivity index is 1.75. The van der Waals surface area contributed by atoms with Crippen molar-refractivity contribution in [2.45, 2.75) is 6.92 Å². The molecule has 2 N–H and O–H groups in total. The van der Waals surface area contributed by atoms with Crippen LogP contribution in [0.3, 0.4) is 0 Å². The number of aromatic nitrogens is 2. The Morgan fingerprint density at radius 3 is 2.32 bits per heavy atom. The van der Waals surface area contributed by atoms with E-state index < -0.39 is 23.2 Å². The highest BCUT2D eigenvalue weighted by atomic mass is 16.5. The second-order valence-electron chi connectivity index (χ2n) is 6.54. The van der Waals surface area contributed by atoms with E-state index in [9.17, 15) is 19.2 Å². The predicted octanol–water partition coefficient (Wildman–Crippen LogP) is 1.70. The zero-order chi connectivity index (χ0) is 22.4. The number of hydrogen-bond donors (Lipinski definition) is 2. The van der Waals surface area contributed by atoms with E-state index in [1.807, 2.05) is 30.3 Å². The van der Waals surface area contributed by atoms with Crippen LogP contribution in [0, 0.1) is 6.92 Å². The van der Waals surface area contributed by atoms with E-state index in [-0.39, 0.29) is 12.2 Å². The van der Waals surface area contributed by atoms with Gasteiger partial charge in [0.05, 0.1) is 12.8 Å². The smallest absolute Gasteiger partial charge is 0.325 e. The minimum absolute atomic E-state index is 0.249. The van der Waals surface area contributed by atoms with Gasteiger partial charge in [-0.1, -0.05) is 18.2 Å². The van der Waals surface area contributed by atoms with Crippen LogP contribution >= 0.6 is 0 Å². The number of carbonyl (C=O) groups excluding carboxylic acids is 3. The fourth-order valence-corrected chi connectivity index (χ4v) is 2.76. The van der Waals surface area contributed by atoms with E-state index in [1.165, 1.54) is 42.1 Å². The van der Waals surface area contributed by atoms with Gasteiger partial charge in [-0.15, -0.1) is 0 Å². The van der Waals surface area contributed by atoms with E-state index in [1.54, 1.807) is 6.92 Å². The first-order chi connectivity index (χ1) is 14.9. The lowest BCUT2D eigenvalue weighted by atomic mass is 10.2. The first-order valence-corrected chi connectivity index (χ1v) is 9.32. The zero-order valence-electron chi connectivity index (χ0n) is 16.9. The Kier molecular flexibility index (Phi) is 6.56.